The Bertz CT molecular complexity index is 317. The van der Waals surface area contributed by atoms with Crippen molar-refractivity contribution in [2.45, 2.75) is 20.3 Å². The maximum Gasteiger partial charge on any atom is 0.119 e. The van der Waals surface area contributed by atoms with Gasteiger partial charge >= 0.3 is 0 Å². The van der Waals surface area contributed by atoms with Crippen molar-refractivity contribution in [2.75, 3.05) is 19.7 Å². The van der Waals surface area contributed by atoms with Crippen molar-refractivity contribution in [3.8, 4) is 5.75 Å². The van der Waals surface area contributed by atoms with Gasteiger partial charge in [0.1, 0.15) is 5.75 Å². The Hall–Kier alpha value is -1.02. The van der Waals surface area contributed by atoms with E-state index in [-0.39, 0.29) is 0 Å². The molecule has 0 spiro atoms. The van der Waals surface area contributed by atoms with Crippen LogP contribution in [0.3, 0.4) is 0 Å². The summed E-state index contributed by atoms with van der Waals surface area (Å²) >= 11 is 0. The number of nitrogens with one attached hydrogen (secondary N) is 1. The van der Waals surface area contributed by atoms with Gasteiger partial charge in [-0.3, -0.25) is 0 Å². The van der Waals surface area contributed by atoms with Gasteiger partial charge in [-0.05, 0) is 24.5 Å². The molecular formula is C14H21NO. The largest absolute Gasteiger partial charge is 0.494 e. The van der Waals surface area contributed by atoms with E-state index in [0.29, 0.717) is 5.41 Å². The van der Waals surface area contributed by atoms with Crippen molar-refractivity contribution < 1.29 is 4.74 Å². The zero-order chi connectivity index (χ0) is 11.4. The average molecular weight is 219 g/mol. The molecule has 16 heavy (non-hydrogen) atoms. The maximum atomic E-state index is 5.76. The summed E-state index contributed by atoms with van der Waals surface area (Å²) in [5.74, 6) is 1.71. The second kappa shape index (κ2) is 4.88. The van der Waals surface area contributed by atoms with Gasteiger partial charge in [0.15, 0.2) is 0 Å². The van der Waals surface area contributed by atoms with Crippen molar-refractivity contribution >= 4 is 0 Å². The molecule has 2 nitrogen and oxygen atoms in total. The molecule has 0 radical (unpaired) electrons. The van der Waals surface area contributed by atoms with E-state index in [9.17, 15) is 0 Å². The van der Waals surface area contributed by atoms with E-state index in [2.05, 4.69) is 19.2 Å². The fraction of sp³-hybridized carbons (Fsp3) is 0.571. The van der Waals surface area contributed by atoms with Crippen LogP contribution in [0.1, 0.15) is 20.3 Å². The molecule has 1 aromatic rings. The molecule has 1 aromatic carbocycles. The van der Waals surface area contributed by atoms with Crippen LogP contribution < -0.4 is 10.1 Å². The molecule has 1 aliphatic rings. The van der Waals surface area contributed by atoms with Gasteiger partial charge in [-0.25, -0.2) is 0 Å². The van der Waals surface area contributed by atoms with Gasteiger partial charge in [0.2, 0.25) is 0 Å². The summed E-state index contributed by atoms with van der Waals surface area (Å²) in [5.41, 5.74) is 0.467. The van der Waals surface area contributed by atoms with Gasteiger partial charge in [0.05, 0.1) is 6.61 Å². The number of hydrogen-bond acceptors (Lipinski definition) is 2. The highest BCUT2D eigenvalue weighted by Gasteiger charge is 2.39. The highest BCUT2D eigenvalue weighted by atomic mass is 16.5. The fourth-order valence-corrected chi connectivity index (χ4v) is 2.21. The maximum absolute atomic E-state index is 5.76. The lowest BCUT2D eigenvalue weighted by molar-refractivity contribution is 0.0671. The number of para-hydroxylation sites is 1. The van der Waals surface area contributed by atoms with Crippen LogP contribution in [0.4, 0.5) is 0 Å². The van der Waals surface area contributed by atoms with Gasteiger partial charge in [-0.15, -0.1) is 0 Å². The van der Waals surface area contributed by atoms with Crippen LogP contribution in [0.5, 0.6) is 5.75 Å². The van der Waals surface area contributed by atoms with Crippen molar-refractivity contribution in [3.63, 3.8) is 0 Å². The van der Waals surface area contributed by atoms with Crippen LogP contribution in [-0.2, 0) is 0 Å². The zero-order valence-electron chi connectivity index (χ0n) is 10.2. The minimum atomic E-state index is 0.467. The Labute approximate surface area is 98.0 Å². The molecule has 1 fully saturated rings. The number of rotatable bonds is 5. The molecule has 0 bridgehead atoms. The summed E-state index contributed by atoms with van der Waals surface area (Å²) in [7, 11) is 0. The topological polar surface area (TPSA) is 21.3 Å². The second-order valence-electron chi connectivity index (χ2n) is 5.03. The first kappa shape index (κ1) is 11.5. The predicted molar refractivity (Wildman–Crippen MR) is 66.7 cm³/mol. The van der Waals surface area contributed by atoms with E-state index >= 15 is 0 Å². The molecule has 2 heteroatoms. The first-order valence-electron chi connectivity index (χ1n) is 6.11. The zero-order valence-corrected chi connectivity index (χ0v) is 10.2. The van der Waals surface area contributed by atoms with Gasteiger partial charge in [0, 0.05) is 18.5 Å². The molecular weight excluding hydrogens is 198 g/mol. The van der Waals surface area contributed by atoms with E-state index in [0.717, 1.165) is 37.8 Å². The minimum absolute atomic E-state index is 0.467. The summed E-state index contributed by atoms with van der Waals surface area (Å²) in [6, 6.07) is 10.1. The molecule has 0 atom stereocenters. The third kappa shape index (κ3) is 2.38. The summed E-state index contributed by atoms with van der Waals surface area (Å²) in [6.07, 6.45) is 1.15. The molecule has 88 valence electrons. The molecule has 1 heterocycles. The molecule has 1 saturated heterocycles. The third-order valence-electron chi connectivity index (χ3n) is 3.79. The summed E-state index contributed by atoms with van der Waals surface area (Å²) in [5, 5.41) is 3.38. The van der Waals surface area contributed by atoms with E-state index in [1.807, 2.05) is 30.3 Å². The summed E-state index contributed by atoms with van der Waals surface area (Å²) in [4.78, 5) is 0. The van der Waals surface area contributed by atoms with Crippen molar-refractivity contribution in [3.05, 3.63) is 30.3 Å². The van der Waals surface area contributed by atoms with Crippen LogP contribution in [-0.4, -0.2) is 19.7 Å². The summed E-state index contributed by atoms with van der Waals surface area (Å²) < 4.78 is 5.76. The molecule has 0 saturated carbocycles. The normalized spacial score (nSPS) is 18.2. The predicted octanol–water partition coefficient (Wildman–Crippen LogP) is 2.70. The minimum Gasteiger partial charge on any atom is -0.494 e. The standard InChI is InChI=1S/C14H21NO/c1-12(2)14(10-15-11-14)8-9-16-13-6-4-3-5-7-13/h3-7,12,15H,8-11H2,1-2H3. The van der Waals surface area contributed by atoms with Gasteiger partial charge in [-0.1, -0.05) is 32.0 Å². The van der Waals surface area contributed by atoms with Crippen LogP contribution >= 0.6 is 0 Å². The van der Waals surface area contributed by atoms with E-state index in [1.54, 1.807) is 0 Å². The van der Waals surface area contributed by atoms with E-state index in [4.69, 9.17) is 4.74 Å². The van der Waals surface area contributed by atoms with Crippen LogP contribution in [0.2, 0.25) is 0 Å². The van der Waals surface area contributed by atoms with E-state index < -0.39 is 0 Å². The van der Waals surface area contributed by atoms with Gasteiger partial charge in [0.25, 0.3) is 0 Å². The molecule has 0 unspecified atom stereocenters. The SMILES string of the molecule is CC(C)C1(CCOc2ccccc2)CNC1. The Morgan fingerprint density at radius 3 is 2.44 bits per heavy atom. The van der Waals surface area contributed by atoms with Crippen LogP contribution in [0, 0.1) is 11.3 Å². The number of benzene rings is 1. The highest BCUT2D eigenvalue weighted by molar-refractivity contribution is 5.20. The van der Waals surface area contributed by atoms with Crippen molar-refractivity contribution in [1.29, 1.82) is 0 Å². The average Bonchev–Trinajstić information content (AvgIpc) is 2.23. The smallest absolute Gasteiger partial charge is 0.119 e. The summed E-state index contributed by atoms with van der Waals surface area (Å²) in [6.45, 7) is 7.72. The Morgan fingerprint density at radius 2 is 1.94 bits per heavy atom. The lowest BCUT2D eigenvalue weighted by Crippen LogP contribution is -2.57. The van der Waals surface area contributed by atoms with Crippen LogP contribution in [0.15, 0.2) is 30.3 Å². The molecule has 1 N–H and O–H groups in total. The molecule has 1 aliphatic heterocycles. The van der Waals surface area contributed by atoms with E-state index in [1.165, 1.54) is 0 Å². The number of ether oxygens (including phenoxy) is 1. The Balaban J connectivity index is 1.79. The van der Waals surface area contributed by atoms with Crippen molar-refractivity contribution in [2.24, 2.45) is 11.3 Å². The lowest BCUT2D eigenvalue weighted by Gasteiger charge is -2.46. The number of hydrogen-bond donors (Lipinski definition) is 1. The second-order valence-corrected chi connectivity index (χ2v) is 5.03. The van der Waals surface area contributed by atoms with Crippen LogP contribution in [0.25, 0.3) is 0 Å². The quantitative estimate of drug-likeness (QED) is 0.822. The van der Waals surface area contributed by atoms with Crippen molar-refractivity contribution in [1.82, 2.24) is 5.32 Å². The Kier molecular flexibility index (Phi) is 3.49. The monoisotopic (exact) mass is 219 g/mol. The first-order chi connectivity index (χ1) is 7.73. The molecule has 0 amide bonds. The Morgan fingerprint density at radius 1 is 1.25 bits per heavy atom. The molecule has 0 aliphatic carbocycles. The fourth-order valence-electron chi connectivity index (χ4n) is 2.21. The van der Waals surface area contributed by atoms with Gasteiger partial charge in [-0.2, -0.15) is 0 Å². The van der Waals surface area contributed by atoms with Gasteiger partial charge < -0.3 is 10.1 Å². The lowest BCUT2D eigenvalue weighted by atomic mass is 9.70. The highest BCUT2D eigenvalue weighted by Crippen LogP contribution is 2.35. The first-order valence-corrected chi connectivity index (χ1v) is 6.11. The third-order valence-corrected chi connectivity index (χ3v) is 3.79. The molecule has 2 rings (SSSR count). The molecule has 0 aromatic heterocycles.